The molecule has 0 aliphatic rings. The predicted octanol–water partition coefficient (Wildman–Crippen LogP) is 4.19. The Morgan fingerprint density at radius 1 is 1.14 bits per heavy atom. The van der Waals surface area contributed by atoms with Gasteiger partial charge in [-0.1, -0.05) is 30.3 Å². The summed E-state index contributed by atoms with van der Waals surface area (Å²) < 4.78 is 15.7. The molecule has 6 heteroatoms. The first-order valence-corrected chi connectivity index (χ1v) is 8.42. The average molecular weight is 371 g/mol. The number of hydrogen-bond acceptors (Lipinski definition) is 6. The lowest BCUT2D eigenvalue weighted by Gasteiger charge is -2.09. The van der Waals surface area contributed by atoms with Crippen molar-refractivity contribution in [2.45, 2.75) is 6.61 Å². The second kappa shape index (κ2) is 7.25. The van der Waals surface area contributed by atoms with Crippen LogP contribution < -0.4 is 5.63 Å². The first-order valence-electron chi connectivity index (χ1n) is 8.42. The Morgan fingerprint density at radius 2 is 2.00 bits per heavy atom. The van der Waals surface area contributed by atoms with Gasteiger partial charge in [0.05, 0.1) is 6.26 Å². The van der Waals surface area contributed by atoms with E-state index in [4.69, 9.17) is 13.6 Å². The fraction of sp³-hybridized carbons (Fsp3) is 0.0455. The maximum atomic E-state index is 12.3. The highest BCUT2D eigenvalue weighted by Crippen LogP contribution is 2.27. The van der Waals surface area contributed by atoms with Crippen molar-refractivity contribution >= 4 is 33.8 Å². The number of nitriles is 1. The fourth-order valence-electron chi connectivity index (χ4n) is 3.01. The molecule has 28 heavy (non-hydrogen) atoms. The Labute approximate surface area is 158 Å². The summed E-state index contributed by atoms with van der Waals surface area (Å²) in [6.07, 6.45) is 2.74. The van der Waals surface area contributed by atoms with E-state index in [1.54, 1.807) is 24.3 Å². The van der Waals surface area contributed by atoms with Crippen LogP contribution >= 0.6 is 0 Å². The largest absolute Gasteiger partial charge is 0.465 e. The molecule has 2 aromatic carbocycles. The van der Waals surface area contributed by atoms with E-state index in [0.29, 0.717) is 22.3 Å². The monoisotopic (exact) mass is 371 g/mol. The lowest BCUT2D eigenvalue weighted by atomic mass is 10.0. The molecule has 0 saturated heterocycles. The second-order valence-corrected chi connectivity index (χ2v) is 6.01. The Balaban J connectivity index is 1.70. The van der Waals surface area contributed by atoms with Gasteiger partial charge in [-0.3, -0.25) is 0 Å². The minimum absolute atomic E-state index is 0.174. The molecule has 0 spiro atoms. The second-order valence-electron chi connectivity index (χ2n) is 6.01. The molecule has 0 amide bonds. The molecule has 2 heterocycles. The van der Waals surface area contributed by atoms with Crippen molar-refractivity contribution in [3.63, 3.8) is 0 Å². The van der Waals surface area contributed by atoms with Gasteiger partial charge in [-0.15, -0.1) is 0 Å². The van der Waals surface area contributed by atoms with Gasteiger partial charge in [-0.2, -0.15) is 5.26 Å². The molecule has 0 atom stereocenters. The molecule has 0 radical (unpaired) electrons. The molecule has 0 saturated carbocycles. The normalized spacial score (nSPS) is 11.5. The third-order valence-electron chi connectivity index (χ3n) is 4.24. The van der Waals surface area contributed by atoms with Crippen molar-refractivity contribution in [3.8, 4) is 6.07 Å². The van der Waals surface area contributed by atoms with Crippen LogP contribution in [-0.4, -0.2) is 5.97 Å². The van der Waals surface area contributed by atoms with Gasteiger partial charge in [0.25, 0.3) is 0 Å². The minimum Gasteiger partial charge on any atom is -0.465 e. The lowest BCUT2D eigenvalue weighted by Crippen LogP contribution is -2.09. The van der Waals surface area contributed by atoms with Gasteiger partial charge in [-0.05, 0) is 29.0 Å². The Hall–Kier alpha value is -4.11. The average Bonchev–Trinajstić information content (AvgIpc) is 3.22. The number of benzene rings is 2. The minimum atomic E-state index is -0.805. The van der Waals surface area contributed by atoms with Gasteiger partial charge in [0.2, 0.25) is 0 Å². The Kier molecular flexibility index (Phi) is 4.48. The summed E-state index contributed by atoms with van der Waals surface area (Å²) >= 11 is 0. The number of hydrogen-bond donors (Lipinski definition) is 0. The van der Waals surface area contributed by atoms with E-state index in [-0.39, 0.29) is 12.2 Å². The molecule has 136 valence electrons. The van der Waals surface area contributed by atoms with Gasteiger partial charge in [-0.25, -0.2) is 9.59 Å². The fourth-order valence-corrected chi connectivity index (χ4v) is 3.01. The van der Waals surface area contributed by atoms with Crippen molar-refractivity contribution in [1.29, 1.82) is 5.26 Å². The maximum Gasteiger partial charge on any atom is 0.349 e. The van der Waals surface area contributed by atoms with Crippen LogP contribution in [0.25, 0.3) is 27.8 Å². The Bertz CT molecular complexity index is 1310. The van der Waals surface area contributed by atoms with Gasteiger partial charge in [0.15, 0.2) is 0 Å². The predicted molar refractivity (Wildman–Crippen MR) is 102 cm³/mol. The van der Waals surface area contributed by atoms with E-state index in [0.717, 1.165) is 10.8 Å². The van der Waals surface area contributed by atoms with E-state index in [1.807, 2.05) is 30.3 Å². The summed E-state index contributed by atoms with van der Waals surface area (Å²) in [5.41, 5.74) is 0.170. The van der Waals surface area contributed by atoms with E-state index in [2.05, 4.69) is 0 Å². The molecule has 0 N–H and O–H groups in total. The first kappa shape index (κ1) is 17.3. The molecule has 0 unspecified atom stereocenters. The van der Waals surface area contributed by atoms with Gasteiger partial charge < -0.3 is 13.6 Å². The highest BCUT2D eigenvalue weighted by molar-refractivity contribution is 6.07. The summed E-state index contributed by atoms with van der Waals surface area (Å²) in [5.74, 6) is -0.439. The van der Waals surface area contributed by atoms with Crippen LogP contribution in [0, 0.1) is 11.3 Å². The molecule has 0 aliphatic heterocycles. The standard InChI is InChI=1S/C22H13NO5/c23-12-15(10-17-5-3-9-26-17)22(25)27-13-16-11-20(24)28-19-8-7-14-4-1-2-6-18(14)21(16)19/h1-11H,13H2/b15-10+. The highest BCUT2D eigenvalue weighted by atomic mass is 16.5. The van der Waals surface area contributed by atoms with Crippen molar-refractivity contribution in [2.24, 2.45) is 0 Å². The van der Waals surface area contributed by atoms with E-state index in [9.17, 15) is 14.9 Å². The number of carbonyl (C=O) groups is 1. The molecular formula is C22H13NO5. The molecule has 4 aromatic rings. The van der Waals surface area contributed by atoms with Crippen molar-refractivity contribution < 1.29 is 18.4 Å². The molecule has 0 fully saturated rings. The van der Waals surface area contributed by atoms with E-state index < -0.39 is 11.6 Å². The number of ether oxygens (including phenoxy) is 1. The number of carbonyl (C=O) groups excluding carboxylic acids is 1. The van der Waals surface area contributed by atoms with Gasteiger partial charge in [0, 0.05) is 23.1 Å². The summed E-state index contributed by atoms with van der Waals surface area (Å²) in [6, 6.07) is 17.6. The third-order valence-corrected chi connectivity index (χ3v) is 4.24. The van der Waals surface area contributed by atoms with Crippen LogP contribution in [0.1, 0.15) is 11.3 Å². The molecule has 6 nitrogen and oxygen atoms in total. The van der Waals surface area contributed by atoms with Crippen molar-refractivity contribution in [3.05, 3.63) is 88.2 Å². The molecule has 4 rings (SSSR count). The lowest BCUT2D eigenvalue weighted by molar-refractivity contribution is -0.139. The smallest absolute Gasteiger partial charge is 0.349 e. The molecular weight excluding hydrogens is 358 g/mol. The number of furan rings is 1. The SMILES string of the molecule is N#C/C(=C\c1ccco1)C(=O)OCc1cc(=O)oc2ccc3ccccc3c12. The van der Waals surface area contributed by atoms with Crippen LogP contribution in [0.3, 0.4) is 0 Å². The zero-order valence-electron chi connectivity index (χ0n) is 14.5. The van der Waals surface area contributed by atoms with Gasteiger partial charge >= 0.3 is 11.6 Å². The quantitative estimate of drug-likeness (QED) is 0.176. The summed E-state index contributed by atoms with van der Waals surface area (Å²) in [6.45, 7) is -0.174. The van der Waals surface area contributed by atoms with Crippen LogP contribution in [0.4, 0.5) is 0 Å². The van der Waals surface area contributed by atoms with Crippen LogP contribution in [0.15, 0.2) is 80.1 Å². The Morgan fingerprint density at radius 3 is 2.79 bits per heavy atom. The number of nitrogens with zero attached hydrogens (tertiary/aromatic N) is 1. The number of rotatable bonds is 4. The summed E-state index contributed by atoms with van der Waals surface area (Å²) in [4.78, 5) is 24.2. The van der Waals surface area contributed by atoms with E-state index in [1.165, 1.54) is 18.4 Å². The first-order chi connectivity index (χ1) is 13.7. The zero-order chi connectivity index (χ0) is 19.5. The van der Waals surface area contributed by atoms with E-state index >= 15 is 0 Å². The topological polar surface area (TPSA) is 93.4 Å². The summed E-state index contributed by atoms with van der Waals surface area (Å²) in [7, 11) is 0. The third kappa shape index (κ3) is 3.29. The molecule has 2 aromatic heterocycles. The summed E-state index contributed by atoms with van der Waals surface area (Å²) in [5, 5.41) is 11.8. The van der Waals surface area contributed by atoms with Crippen LogP contribution in [-0.2, 0) is 16.1 Å². The van der Waals surface area contributed by atoms with Crippen molar-refractivity contribution in [2.75, 3.05) is 0 Å². The van der Waals surface area contributed by atoms with Crippen LogP contribution in [0.2, 0.25) is 0 Å². The molecule has 0 aliphatic carbocycles. The highest BCUT2D eigenvalue weighted by Gasteiger charge is 2.15. The number of esters is 1. The van der Waals surface area contributed by atoms with Crippen LogP contribution in [0.5, 0.6) is 0 Å². The number of fused-ring (bicyclic) bond motifs is 3. The zero-order valence-corrected chi connectivity index (χ0v) is 14.5. The molecule has 0 bridgehead atoms. The van der Waals surface area contributed by atoms with Gasteiger partial charge in [0.1, 0.15) is 29.6 Å². The maximum absolute atomic E-state index is 12.3. The van der Waals surface area contributed by atoms with Crippen molar-refractivity contribution in [1.82, 2.24) is 0 Å².